The van der Waals surface area contributed by atoms with Crippen molar-refractivity contribution < 1.29 is 19.2 Å². The summed E-state index contributed by atoms with van der Waals surface area (Å²) in [5.74, 6) is -0.616. The van der Waals surface area contributed by atoms with E-state index < -0.39 is 5.97 Å². The number of phenolic OH excluding ortho intramolecular Hbond substituents is 1. The molecule has 0 aliphatic heterocycles. The summed E-state index contributed by atoms with van der Waals surface area (Å²) in [7, 11) is 1.24. The van der Waals surface area contributed by atoms with Gasteiger partial charge in [-0.05, 0) is 25.1 Å². The summed E-state index contributed by atoms with van der Waals surface area (Å²) in [4.78, 5) is 11.9. The van der Waals surface area contributed by atoms with Crippen LogP contribution in [0.1, 0.15) is 17.0 Å². The second-order valence-electron chi connectivity index (χ2n) is 4.21. The number of rotatable bonds is 3. The van der Waals surface area contributed by atoms with Crippen molar-refractivity contribution in [2.24, 2.45) is 0 Å². The highest BCUT2D eigenvalue weighted by atomic mass is 35.5. The lowest BCUT2D eigenvalue weighted by Gasteiger charge is -2.05. The molecule has 110 valence electrons. The number of ether oxygens (including phenoxy) is 1. The number of esters is 1. The summed E-state index contributed by atoms with van der Waals surface area (Å²) in [6, 6.07) is 4.44. The lowest BCUT2D eigenvalue weighted by molar-refractivity contribution is -0.133. The van der Waals surface area contributed by atoms with Gasteiger partial charge < -0.3 is 14.4 Å². The van der Waals surface area contributed by atoms with E-state index in [9.17, 15) is 9.90 Å². The van der Waals surface area contributed by atoms with Gasteiger partial charge in [0.15, 0.2) is 5.76 Å². The molecule has 5 nitrogen and oxygen atoms in total. The summed E-state index contributed by atoms with van der Waals surface area (Å²) in [6.45, 7) is 1.72. The van der Waals surface area contributed by atoms with Crippen molar-refractivity contribution in [1.29, 1.82) is 0 Å². The first-order valence-electron chi connectivity index (χ1n) is 5.84. The van der Waals surface area contributed by atoms with Gasteiger partial charge in [0, 0.05) is 16.7 Å². The van der Waals surface area contributed by atoms with Crippen molar-refractivity contribution in [1.82, 2.24) is 5.16 Å². The normalized spacial score (nSPS) is 11.5. The van der Waals surface area contributed by atoms with Crippen molar-refractivity contribution in [3.8, 4) is 5.75 Å². The number of hydrogen-bond donors (Lipinski definition) is 1. The number of carbonyl (C=O) groups excluding carboxylic acids is 1. The second kappa shape index (κ2) is 6.20. The fraction of sp³-hybridized carbons (Fsp3) is 0.143. The number of nitrogens with zero attached hydrogens (tertiary/aromatic N) is 1. The molecule has 0 aliphatic rings. The summed E-state index contributed by atoms with van der Waals surface area (Å²) in [6.07, 6.45) is 1.37. The van der Waals surface area contributed by atoms with Crippen LogP contribution in [0.5, 0.6) is 5.75 Å². The molecule has 0 radical (unpaired) electrons. The van der Waals surface area contributed by atoms with Gasteiger partial charge in [0.1, 0.15) is 11.3 Å². The summed E-state index contributed by atoms with van der Waals surface area (Å²) >= 11 is 11.7. The molecular weight excluding hydrogens is 317 g/mol. The minimum absolute atomic E-state index is 0.0757. The quantitative estimate of drug-likeness (QED) is 0.687. The zero-order chi connectivity index (χ0) is 15.6. The minimum Gasteiger partial charge on any atom is -0.506 e. The van der Waals surface area contributed by atoms with Crippen LogP contribution < -0.4 is 0 Å². The molecule has 1 aromatic carbocycles. The average molecular weight is 328 g/mol. The zero-order valence-corrected chi connectivity index (χ0v) is 12.7. The van der Waals surface area contributed by atoms with Crippen LogP contribution in [0.15, 0.2) is 22.7 Å². The molecule has 0 amide bonds. The Balaban J connectivity index is 2.59. The Kier molecular flexibility index (Phi) is 4.55. The van der Waals surface area contributed by atoms with Gasteiger partial charge >= 0.3 is 5.97 Å². The highest BCUT2D eigenvalue weighted by molar-refractivity contribution is 6.36. The van der Waals surface area contributed by atoms with E-state index in [4.69, 9.17) is 32.5 Å². The van der Waals surface area contributed by atoms with E-state index in [-0.39, 0.29) is 27.7 Å². The van der Waals surface area contributed by atoms with E-state index in [0.717, 1.165) is 0 Å². The standard InChI is InChI=1S/C14H11Cl2NO4/c1-7-3-12(21-17-7)10(14(19)20-2)5-8-4-9(15)6-11(16)13(8)18/h3-6,18H,1-2H3/b10-5-. The molecule has 21 heavy (non-hydrogen) atoms. The summed E-state index contributed by atoms with van der Waals surface area (Å²) in [5.41, 5.74) is 0.960. The smallest absolute Gasteiger partial charge is 0.341 e. The maximum atomic E-state index is 11.9. The number of phenols is 1. The Morgan fingerprint density at radius 2 is 2.10 bits per heavy atom. The minimum atomic E-state index is -0.637. The maximum absolute atomic E-state index is 11.9. The van der Waals surface area contributed by atoms with Crippen molar-refractivity contribution >= 4 is 40.8 Å². The molecule has 1 N–H and O–H groups in total. The van der Waals surface area contributed by atoms with Crippen LogP contribution in [0.3, 0.4) is 0 Å². The molecule has 2 rings (SSSR count). The van der Waals surface area contributed by atoms with Gasteiger partial charge in [-0.15, -0.1) is 0 Å². The number of aryl methyl sites for hydroxylation is 1. The Bertz CT molecular complexity index is 722. The van der Waals surface area contributed by atoms with Crippen LogP contribution in [-0.4, -0.2) is 23.3 Å². The third-order valence-electron chi connectivity index (χ3n) is 2.66. The largest absolute Gasteiger partial charge is 0.506 e. The van der Waals surface area contributed by atoms with Gasteiger partial charge in [-0.1, -0.05) is 28.4 Å². The molecule has 0 unspecified atom stereocenters. The van der Waals surface area contributed by atoms with E-state index in [1.807, 2.05) is 0 Å². The van der Waals surface area contributed by atoms with Gasteiger partial charge in [0.05, 0.1) is 17.8 Å². The van der Waals surface area contributed by atoms with E-state index in [1.54, 1.807) is 13.0 Å². The van der Waals surface area contributed by atoms with Crippen LogP contribution in [0.2, 0.25) is 10.0 Å². The van der Waals surface area contributed by atoms with E-state index >= 15 is 0 Å². The van der Waals surface area contributed by atoms with Gasteiger partial charge in [-0.25, -0.2) is 4.79 Å². The molecule has 0 atom stereocenters. The number of benzene rings is 1. The number of hydrogen-bond acceptors (Lipinski definition) is 5. The Labute approximate surface area is 130 Å². The lowest BCUT2D eigenvalue weighted by atomic mass is 10.1. The number of aromatic nitrogens is 1. The molecular formula is C14H11Cl2NO4. The zero-order valence-electron chi connectivity index (χ0n) is 11.2. The molecule has 1 heterocycles. The van der Waals surface area contributed by atoms with Crippen LogP contribution in [-0.2, 0) is 9.53 Å². The predicted molar refractivity (Wildman–Crippen MR) is 79.3 cm³/mol. The number of halogens is 2. The SMILES string of the molecule is COC(=O)/C(=C\c1cc(Cl)cc(Cl)c1O)c1cc(C)no1. The number of aromatic hydroxyl groups is 1. The van der Waals surface area contributed by atoms with Gasteiger partial charge in [0.25, 0.3) is 0 Å². The van der Waals surface area contributed by atoms with Crippen molar-refractivity contribution in [2.45, 2.75) is 6.92 Å². The highest BCUT2D eigenvalue weighted by Crippen LogP contribution is 2.34. The summed E-state index contributed by atoms with van der Waals surface area (Å²) < 4.78 is 9.76. The first-order chi connectivity index (χ1) is 9.92. The molecule has 1 aromatic heterocycles. The molecule has 0 saturated heterocycles. The monoisotopic (exact) mass is 327 g/mol. The number of carbonyl (C=O) groups is 1. The first-order valence-corrected chi connectivity index (χ1v) is 6.59. The highest BCUT2D eigenvalue weighted by Gasteiger charge is 2.19. The Hall–Kier alpha value is -1.98. The third kappa shape index (κ3) is 3.37. The molecule has 0 aliphatic carbocycles. The van der Waals surface area contributed by atoms with Crippen molar-refractivity contribution in [3.05, 3.63) is 45.3 Å². The fourth-order valence-corrected chi connectivity index (χ4v) is 2.19. The van der Waals surface area contributed by atoms with Crippen LogP contribution in [0.4, 0.5) is 0 Å². The molecule has 7 heteroatoms. The van der Waals surface area contributed by atoms with Crippen molar-refractivity contribution in [2.75, 3.05) is 7.11 Å². The van der Waals surface area contributed by atoms with Crippen LogP contribution in [0, 0.1) is 6.92 Å². The average Bonchev–Trinajstić information content (AvgIpc) is 2.86. The van der Waals surface area contributed by atoms with Gasteiger partial charge in [-0.3, -0.25) is 0 Å². The third-order valence-corrected chi connectivity index (χ3v) is 3.16. The fourth-order valence-electron chi connectivity index (χ4n) is 1.68. The van der Waals surface area contributed by atoms with E-state index in [1.165, 1.54) is 25.3 Å². The molecule has 0 saturated carbocycles. The maximum Gasteiger partial charge on any atom is 0.341 e. The Morgan fingerprint density at radius 3 is 2.67 bits per heavy atom. The number of methoxy groups -OCH3 is 1. The van der Waals surface area contributed by atoms with Gasteiger partial charge in [-0.2, -0.15) is 0 Å². The lowest BCUT2D eigenvalue weighted by Crippen LogP contribution is -2.03. The second-order valence-corrected chi connectivity index (χ2v) is 5.05. The van der Waals surface area contributed by atoms with Crippen molar-refractivity contribution in [3.63, 3.8) is 0 Å². The van der Waals surface area contributed by atoms with Crippen LogP contribution >= 0.6 is 23.2 Å². The Morgan fingerprint density at radius 1 is 1.38 bits per heavy atom. The first kappa shape index (κ1) is 15.4. The van der Waals surface area contributed by atoms with Gasteiger partial charge in [0.2, 0.25) is 0 Å². The topological polar surface area (TPSA) is 72.6 Å². The van der Waals surface area contributed by atoms with E-state index in [2.05, 4.69) is 5.16 Å². The molecule has 0 bridgehead atoms. The molecule has 2 aromatic rings. The van der Waals surface area contributed by atoms with Crippen LogP contribution in [0.25, 0.3) is 11.6 Å². The molecule has 0 spiro atoms. The summed E-state index contributed by atoms with van der Waals surface area (Å²) in [5, 5.41) is 14.1. The molecule has 0 fully saturated rings. The van der Waals surface area contributed by atoms with E-state index in [0.29, 0.717) is 10.7 Å². The predicted octanol–water partition coefficient (Wildman–Crippen LogP) is 3.71.